The Morgan fingerprint density at radius 3 is 2.18 bits per heavy atom. The van der Waals surface area contributed by atoms with Crippen LogP contribution in [0.5, 0.6) is 0 Å². The van der Waals surface area contributed by atoms with Crippen LogP contribution in [0.25, 0.3) is 0 Å². The van der Waals surface area contributed by atoms with E-state index in [1.54, 1.807) is 0 Å². The molecule has 0 aromatic heterocycles. The van der Waals surface area contributed by atoms with Crippen molar-refractivity contribution in [1.29, 1.82) is 0 Å². The van der Waals surface area contributed by atoms with Crippen LogP contribution in [0.3, 0.4) is 0 Å². The molecular formula is C10H20O. The van der Waals surface area contributed by atoms with Gasteiger partial charge in [0.25, 0.3) is 0 Å². The van der Waals surface area contributed by atoms with Crippen molar-refractivity contribution in [1.82, 2.24) is 0 Å². The van der Waals surface area contributed by atoms with Gasteiger partial charge in [-0.15, -0.1) is 0 Å². The Balaban J connectivity index is 2.55. The minimum Gasteiger partial charge on any atom is -0.393 e. The number of rotatable bonds is 1. The molecule has 1 fully saturated rings. The fraction of sp³-hybridized carbons (Fsp3) is 1.00. The van der Waals surface area contributed by atoms with Crippen LogP contribution < -0.4 is 0 Å². The quantitative estimate of drug-likeness (QED) is 0.618. The van der Waals surface area contributed by atoms with Gasteiger partial charge in [0.2, 0.25) is 0 Å². The third-order valence-corrected chi connectivity index (χ3v) is 3.30. The second-order valence-corrected chi connectivity index (χ2v) is 4.09. The molecule has 1 nitrogen and oxygen atoms in total. The maximum Gasteiger partial charge on any atom is 0.0596 e. The highest BCUT2D eigenvalue weighted by Crippen LogP contribution is 2.35. The van der Waals surface area contributed by atoms with E-state index in [4.69, 9.17) is 0 Å². The van der Waals surface area contributed by atoms with Gasteiger partial charge in [-0.25, -0.2) is 0 Å². The van der Waals surface area contributed by atoms with E-state index in [1.807, 2.05) is 0 Å². The highest BCUT2D eigenvalue weighted by atomic mass is 16.3. The van der Waals surface area contributed by atoms with Gasteiger partial charge < -0.3 is 5.11 Å². The Hall–Kier alpha value is -0.0400. The first kappa shape index (κ1) is 9.05. The molecule has 0 radical (unpaired) electrons. The molecule has 0 heterocycles. The highest BCUT2D eigenvalue weighted by Gasteiger charge is 2.32. The molecule has 66 valence electrons. The van der Waals surface area contributed by atoms with Crippen LogP contribution in [0.15, 0.2) is 0 Å². The molecule has 1 rings (SSSR count). The molecule has 0 spiro atoms. The lowest BCUT2D eigenvalue weighted by molar-refractivity contribution is -0.00443. The Bertz CT molecular complexity index is 122. The Labute approximate surface area is 69.8 Å². The smallest absolute Gasteiger partial charge is 0.0596 e. The van der Waals surface area contributed by atoms with E-state index in [0.29, 0.717) is 11.8 Å². The largest absolute Gasteiger partial charge is 0.393 e. The Morgan fingerprint density at radius 2 is 1.73 bits per heavy atom. The number of aliphatic hydroxyl groups excluding tert-OH is 1. The second kappa shape index (κ2) is 3.57. The van der Waals surface area contributed by atoms with Gasteiger partial charge in [0.15, 0.2) is 0 Å². The molecular weight excluding hydrogens is 136 g/mol. The Kier molecular flexibility index (Phi) is 2.94. The molecule has 0 aromatic rings. The fourth-order valence-corrected chi connectivity index (χ4v) is 2.31. The van der Waals surface area contributed by atoms with E-state index in [2.05, 4.69) is 20.8 Å². The third kappa shape index (κ3) is 1.76. The average Bonchev–Trinajstić information content (AvgIpc) is 1.99. The summed E-state index contributed by atoms with van der Waals surface area (Å²) in [7, 11) is 0. The second-order valence-electron chi connectivity index (χ2n) is 4.09. The van der Waals surface area contributed by atoms with E-state index in [-0.39, 0.29) is 6.10 Å². The van der Waals surface area contributed by atoms with E-state index in [0.717, 1.165) is 12.3 Å². The molecule has 1 saturated carbocycles. The van der Waals surface area contributed by atoms with Crippen LogP contribution in [-0.2, 0) is 0 Å². The summed E-state index contributed by atoms with van der Waals surface area (Å²) in [5, 5.41) is 9.81. The summed E-state index contributed by atoms with van der Waals surface area (Å²) < 4.78 is 0. The van der Waals surface area contributed by atoms with Crippen LogP contribution in [-0.4, -0.2) is 11.2 Å². The molecule has 1 N–H and O–H groups in total. The molecule has 0 saturated heterocycles. The maximum atomic E-state index is 9.81. The third-order valence-electron chi connectivity index (χ3n) is 3.30. The van der Waals surface area contributed by atoms with Crippen molar-refractivity contribution in [3.63, 3.8) is 0 Å². The van der Waals surface area contributed by atoms with E-state index >= 15 is 0 Å². The van der Waals surface area contributed by atoms with Crippen LogP contribution in [0.1, 0.15) is 40.0 Å². The molecule has 11 heavy (non-hydrogen) atoms. The van der Waals surface area contributed by atoms with Gasteiger partial charge in [-0.1, -0.05) is 33.6 Å². The summed E-state index contributed by atoms with van der Waals surface area (Å²) in [6, 6.07) is 0. The van der Waals surface area contributed by atoms with Crippen molar-refractivity contribution in [2.45, 2.75) is 46.1 Å². The average molecular weight is 156 g/mol. The van der Waals surface area contributed by atoms with E-state index in [9.17, 15) is 5.11 Å². The van der Waals surface area contributed by atoms with E-state index < -0.39 is 0 Å². The number of aliphatic hydroxyl groups is 1. The summed E-state index contributed by atoms with van der Waals surface area (Å²) >= 11 is 0. The molecule has 1 heteroatoms. The monoisotopic (exact) mass is 156 g/mol. The summed E-state index contributed by atoms with van der Waals surface area (Å²) in [6.07, 6.45) is 3.60. The van der Waals surface area contributed by atoms with Crippen molar-refractivity contribution in [3.8, 4) is 0 Å². The van der Waals surface area contributed by atoms with Gasteiger partial charge in [0.1, 0.15) is 0 Å². The molecule has 4 atom stereocenters. The predicted octanol–water partition coefficient (Wildman–Crippen LogP) is 2.44. The topological polar surface area (TPSA) is 20.2 Å². The van der Waals surface area contributed by atoms with Gasteiger partial charge >= 0.3 is 0 Å². The maximum absolute atomic E-state index is 9.81. The summed E-state index contributed by atoms with van der Waals surface area (Å²) in [6.45, 7) is 6.62. The lowest BCUT2D eigenvalue weighted by atomic mass is 9.72. The summed E-state index contributed by atoms with van der Waals surface area (Å²) in [4.78, 5) is 0. The van der Waals surface area contributed by atoms with Crippen LogP contribution in [0.2, 0.25) is 0 Å². The fourth-order valence-electron chi connectivity index (χ4n) is 2.31. The standard InChI is InChI=1S/C10H20O/c1-4-9-7(2)5-6-8(3)10(9)11/h7-11H,4-6H2,1-3H3. The first-order valence-corrected chi connectivity index (χ1v) is 4.84. The zero-order valence-corrected chi connectivity index (χ0v) is 7.88. The summed E-state index contributed by atoms with van der Waals surface area (Å²) in [5.41, 5.74) is 0. The normalized spacial score (nSPS) is 45.8. The van der Waals surface area contributed by atoms with Crippen molar-refractivity contribution in [2.75, 3.05) is 0 Å². The molecule has 1 aliphatic rings. The lowest BCUT2D eigenvalue weighted by Crippen LogP contribution is -2.36. The minimum absolute atomic E-state index is 0.0382. The zero-order chi connectivity index (χ0) is 8.43. The van der Waals surface area contributed by atoms with Gasteiger partial charge in [-0.05, 0) is 24.2 Å². The number of hydrogen-bond donors (Lipinski definition) is 1. The SMILES string of the molecule is CCC1C(C)CCC(C)C1O. The van der Waals surface area contributed by atoms with Crippen LogP contribution in [0.4, 0.5) is 0 Å². The van der Waals surface area contributed by atoms with Crippen molar-refractivity contribution in [2.24, 2.45) is 17.8 Å². The minimum atomic E-state index is -0.0382. The van der Waals surface area contributed by atoms with E-state index in [1.165, 1.54) is 12.8 Å². The lowest BCUT2D eigenvalue weighted by Gasteiger charge is -2.37. The molecule has 0 amide bonds. The Morgan fingerprint density at radius 1 is 1.18 bits per heavy atom. The number of hydrogen-bond acceptors (Lipinski definition) is 1. The zero-order valence-electron chi connectivity index (χ0n) is 7.88. The summed E-state index contributed by atoms with van der Waals surface area (Å²) in [5.74, 6) is 1.81. The first-order chi connectivity index (χ1) is 5.16. The van der Waals surface area contributed by atoms with Crippen molar-refractivity contribution < 1.29 is 5.11 Å². The molecule has 1 aliphatic carbocycles. The van der Waals surface area contributed by atoms with Gasteiger partial charge in [-0.3, -0.25) is 0 Å². The van der Waals surface area contributed by atoms with Crippen LogP contribution in [0, 0.1) is 17.8 Å². The first-order valence-electron chi connectivity index (χ1n) is 4.84. The molecule has 0 aromatic carbocycles. The predicted molar refractivity (Wildman–Crippen MR) is 47.3 cm³/mol. The van der Waals surface area contributed by atoms with Crippen molar-refractivity contribution in [3.05, 3.63) is 0 Å². The highest BCUT2D eigenvalue weighted by molar-refractivity contribution is 4.82. The molecule has 0 aliphatic heterocycles. The van der Waals surface area contributed by atoms with Gasteiger partial charge in [0.05, 0.1) is 6.10 Å². The molecule has 0 bridgehead atoms. The van der Waals surface area contributed by atoms with Gasteiger partial charge in [0, 0.05) is 0 Å². The van der Waals surface area contributed by atoms with Crippen LogP contribution >= 0.6 is 0 Å². The van der Waals surface area contributed by atoms with Gasteiger partial charge in [-0.2, -0.15) is 0 Å². The molecule has 4 unspecified atom stereocenters. The van der Waals surface area contributed by atoms with Crippen molar-refractivity contribution >= 4 is 0 Å².